The molecule has 7 rings (SSSR count). The number of carbonyl (C=O) groups is 1. The van der Waals surface area contributed by atoms with Crippen LogP contribution in [-0.2, 0) is 10.3 Å². The van der Waals surface area contributed by atoms with Crippen LogP contribution in [0.2, 0.25) is 0 Å². The number of nitrogens with zero attached hydrogens (tertiary/aromatic N) is 1. The van der Waals surface area contributed by atoms with E-state index in [4.69, 9.17) is 9.47 Å². The molecule has 5 heteroatoms. The summed E-state index contributed by atoms with van der Waals surface area (Å²) >= 11 is 0. The molecule has 1 spiro atoms. The van der Waals surface area contributed by atoms with Crippen molar-refractivity contribution in [2.75, 3.05) is 16.8 Å². The zero-order valence-electron chi connectivity index (χ0n) is 23.4. The van der Waals surface area contributed by atoms with Crippen molar-refractivity contribution in [1.29, 1.82) is 0 Å². The molecule has 0 saturated carbocycles. The number of nitrogens with one attached hydrogen (secondary N) is 1. The van der Waals surface area contributed by atoms with Gasteiger partial charge in [-0.25, -0.2) is 4.79 Å². The second-order valence-corrected chi connectivity index (χ2v) is 11.7. The van der Waals surface area contributed by atoms with Crippen molar-refractivity contribution in [3.63, 3.8) is 0 Å². The van der Waals surface area contributed by atoms with Gasteiger partial charge in [-0.15, -0.1) is 0 Å². The van der Waals surface area contributed by atoms with Crippen LogP contribution in [0.25, 0.3) is 0 Å². The first kappa shape index (κ1) is 24.8. The predicted molar refractivity (Wildman–Crippen MR) is 159 cm³/mol. The average molecular weight is 531 g/mol. The summed E-state index contributed by atoms with van der Waals surface area (Å²) in [6.45, 7) is 10.1. The first-order valence-electron chi connectivity index (χ1n) is 14.3. The number of carbonyl (C=O) groups excluding carboxylic acids is 1. The second kappa shape index (κ2) is 9.16. The largest absolute Gasteiger partial charge is 0.456 e. The summed E-state index contributed by atoms with van der Waals surface area (Å²) in [5.74, 6) is 2.42. The maximum atomic E-state index is 13.3. The van der Waals surface area contributed by atoms with Crippen molar-refractivity contribution in [3.05, 3.63) is 113 Å². The summed E-state index contributed by atoms with van der Waals surface area (Å²) in [5, 5.41) is 3.55. The number of rotatable bonds is 4. The van der Waals surface area contributed by atoms with Crippen molar-refractivity contribution < 1.29 is 14.3 Å². The molecule has 3 atom stereocenters. The molecule has 1 saturated heterocycles. The van der Waals surface area contributed by atoms with Gasteiger partial charge in [-0.05, 0) is 80.1 Å². The molecule has 0 aromatic heterocycles. The Hall–Kier alpha value is -4.25. The Kier molecular flexibility index (Phi) is 5.67. The highest BCUT2D eigenvalue weighted by atomic mass is 16.6. The fourth-order valence-electron chi connectivity index (χ4n) is 7.02. The molecule has 3 aliphatic rings. The topological polar surface area (TPSA) is 50.8 Å². The highest BCUT2D eigenvalue weighted by Gasteiger charge is 2.53. The maximum Gasteiger partial charge on any atom is 0.340 e. The lowest BCUT2D eigenvalue weighted by molar-refractivity contribution is 0.0224. The van der Waals surface area contributed by atoms with Crippen LogP contribution in [0.3, 0.4) is 0 Å². The molecule has 3 aliphatic heterocycles. The molecule has 4 aromatic carbocycles. The highest BCUT2D eigenvalue weighted by Crippen LogP contribution is 2.57. The number of benzene rings is 4. The third-order valence-corrected chi connectivity index (χ3v) is 9.10. The lowest BCUT2D eigenvalue weighted by atomic mass is 9.77. The van der Waals surface area contributed by atoms with Gasteiger partial charge in [0, 0.05) is 52.4 Å². The van der Waals surface area contributed by atoms with Gasteiger partial charge < -0.3 is 19.7 Å². The smallest absolute Gasteiger partial charge is 0.340 e. The van der Waals surface area contributed by atoms with E-state index < -0.39 is 5.60 Å². The number of esters is 1. The van der Waals surface area contributed by atoms with Crippen molar-refractivity contribution in [3.8, 4) is 11.5 Å². The molecule has 0 amide bonds. The van der Waals surface area contributed by atoms with E-state index in [9.17, 15) is 4.79 Å². The fourth-order valence-corrected chi connectivity index (χ4v) is 7.02. The molecule has 4 aromatic rings. The minimum Gasteiger partial charge on any atom is -0.456 e. The van der Waals surface area contributed by atoms with Gasteiger partial charge in [0.2, 0.25) is 0 Å². The van der Waals surface area contributed by atoms with Gasteiger partial charge in [-0.1, -0.05) is 50.2 Å². The summed E-state index contributed by atoms with van der Waals surface area (Å²) in [7, 11) is 0. The van der Waals surface area contributed by atoms with Crippen LogP contribution in [-0.4, -0.2) is 18.6 Å². The number of hydrogen-bond donors (Lipinski definition) is 1. The van der Waals surface area contributed by atoms with Crippen LogP contribution in [0.1, 0.15) is 59.8 Å². The van der Waals surface area contributed by atoms with Gasteiger partial charge in [0.1, 0.15) is 11.5 Å². The lowest BCUT2D eigenvalue weighted by Gasteiger charge is -2.38. The van der Waals surface area contributed by atoms with Crippen LogP contribution >= 0.6 is 0 Å². The van der Waals surface area contributed by atoms with Gasteiger partial charge in [0.15, 0.2) is 5.60 Å². The van der Waals surface area contributed by atoms with E-state index in [2.05, 4.69) is 68.2 Å². The lowest BCUT2D eigenvalue weighted by Crippen LogP contribution is -2.34. The maximum absolute atomic E-state index is 13.3. The van der Waals surface area contributed by atoms with Gasteiger partial charge >= 0.3 is 5.97 Å². The van der Waals surface area contributed by atoms with Crippen LogP contribution in [0.15, 0.2) is 84.9 Å². The van der Waals surface area contributed by atoms with Gasteiger partial charge in [0.05, 0.1) is 5.56 Å². The van der Waals surface area contributed by atoms with Crippen molar-refractivity contribution in [2.24, 2.45) is 11.8 Å². The Balaban J connectivity index is 1.39. The van der Waals surface area contributed by atoms with E-state index in [1.807, 2.05) is 54.6 Å². The number of anilines is 3. The SMILES string of the molecule is Cc1cc2c(cc1Nc1ccccc1)C1(OC(=O)c3ccccc31)c1ccc(N3CCC(C(C)C)C3C)cc1O2. The Morgan fingerprint density at radius 1 is 0.900 bits per heavy atom. The Morgan fingerprint density at radius 2 is 1.65 bits per heavy atom. The van der Waals surface area contributed by atoms with E-state index in [-0.39, 0.29) is 5.97 Å². The normalized spacial score (nSPS) is 22.5. The molecule has 3 unspecified atom stereocenters. The minimum absolute atomic E-state index is 0.315. The molecule has 5 nitrogen and oxygen atoms in total. The molecule has 40 heavy (non-hydrogen) atoms. The van der Waals surface area contributed by atoms with Gasteiger partial charge in [-0.2, -0.15) is 0 Å². The Morgan fingerprint density at radius 3 is 2.42 bits per heavy atom. The molecular weight excluding hydrogens is 496 g/mol. The molecule has 3 heterocycles. The first-order valence-corrected chi connectivity index (χ1v) is 14.3. The standard InChI is InChI=1S/C35H34N2O3/c1-21(2)26-16-17-37(23(26)4)25-14-15-29-33(19-25)39-32-18-22(3)31(36-24-10-6-5-7-11-24)20-30(32)35(29)28-13-9-8-12-27(28)34(38)40-35/h5-15,18-21,23,26,36H,16-17H2,1-4H3. The molecule has 202 valence electrons. The third-order valence-electron chi connectivity index (χ3n) is 9.10. The van der Waals surface area contributed by atoms with Crippen LogP contribution in [0, 0.1) is 18.8 Å². The number of hydrogen-bond acceptors (Lipinski definition) is 5. The van der Waals surface area contributed by atoms with Crippen LogP contribution in [0.5, 0.6) is 11.5 Å². The summed E-state index contributed by atoms with van der Waals surface area (Å²) in [4.78, 5) is 15.8. The van der Waals surface area contributed by atoms with E-state index >= 15 is 0 Å². The summed E-state index contributed by atoms with van der Waals surface area (Å²) in [5.41, 5.74) is 6.15. The average Bonchev–Trinajstić information content (AvgIpc) is 3.48. The summed E-state index contributed by atoms with van der Waals surface area (Å²) in [6.07, 6.45) is 1.19. The van der Waals surface area contributed by atoms with Gasteiger partial charge in [0.25, 0.3) is 0 Å². The van der Waals surface area contributed by atoms with E-state index in [1.165, 1.54) is 6.42 Å². The van der Waals surface area contributed by atoms with Gasteiger partial charge in [-0.3, -0.25) is 0 Å². The minimum atomic E-state index is -1.09. The van der Waals surface area contributed by atoms with Crippen molar-refractivity contribution in [2.45, 2.75) is 45.8 Å². The van der Waals surface area contributed by atoms with E-state index in [0.717, 1.165) is 51.6 Å². The summed E-state index contributed by atoms with van der Waals surface area (Å²) < 4.78 is 13.1. The quantitative estimate of drug-likeness (QED) is 0.270. The second-order valence-electron chi connectivity index (χ2n) is 11.7. The highest BCUT2D eigenvalue weighted by molar-refractivity contribution is 5.97. The van der Waals surface area contributed by atoms with E-state index in [1.54, 1.807) is 0 Å². The molecule has 0 bridgehead atoms. The number of ether oxygens (including phenoxy) is 2. The molecule has 1 N–H and O–H groups in total. The molecule has 0 aliphatic carbocycles. The number of aryl methyl sites for hydroxylation is 1. The molecular formula is C35H34N2O3. The number of fused-ring (bicyclic) bond motifs is 6. The van der Waals surface area contributed by atoms with E-state index in [0.29, 0.717) is 29.2 Å². The van der Waals surface area contributed by atoms with Crippen LogP contribution < -0.4 is 15.0 Å². The third kappa shape index (κ3) is 3.64. The molecule has 0 radical (unpaired) electrons. The predicted octanol–water partition coefficient (Wildman–Crippen LogP) is 8.18. The van der Waals surface area contributed by atoms with Crippen molar-refractivity contribution >= 4 is 23.0 Å². The molecule has 1 fully saturated rings. The summed E-state index contributed by atoms with van der Waals surface area (Å²) in [6, 6.07) is 28.8. The Labute approximate surface area is 235 Å². The Bertz CT molecular complexity index is 1630. The zero-order chi connectivity index (χ0) is 27.6. The monoisotopic (exact) mass is 530 g/mol. The van der Waals surface area contributed by atoms with Crippen LogP contribution in [0.4, 0.5) is 17.1 Å². The number of para-hydroxylation sites is 1. The first-order chi connectivity index (χ1) is 19.4. The zero-order valence-corrected chi connectivity index (χ0v) is 23.4. The van der Waals surface area contributed by atoms with Crippen molar-refractivity contribution in [1.82, 2.24) is 0 Å². The fraction of sp³-hybridized carbons (Fsp3) is 0.286.